The van der Waals surface area contributed by atoms with E-state index in [1.165, 1.54) is 17.0 Å². The third-order valence-electron chi connectivity index (χ3n) is 6.28. The summed E-state index contributed by atoms with van der Waals surface area (Å²) in [7, 11) is 0. The van der Waals surface area contributed by atoms with E-state index in [4.69, 9.17) is 11.6 Å². The van der Waals surface area contributed by atoms with Crippen LogP contribution in [-0.4, -0.2) is 50.8 Å². The number of hydrogen-bond donors (Lipinski definition) is 4. The van der Waals surface area contributed by atoms with E-state index in [-0.39, 0.29) is 18.3 Å². The van der Waals surface area contributed by atoms with Gasteiger partial charge in [0, 0.05) is 29.7 Å². The van der Waals surface area contributed by atoms with E-state index < -0.39 is 29.8 Å². The number of aliphatic hydroxyl groups excluding tert-OH is 2. The minimum absolute atomic E-state index is 0.0430. The first-order valence-electron chi connectivity index (χ1n) is 11.5. The smallest absolute Gasteiger partial charge is 0.255 e. The maximum atomic E-state index is 13.2. The van der Waals surface area contributed by atoms with Gasteiger partial charge in [-0.1, -0.05) is 48.0 Å². The van der Waals surface area contributed by atoms with Crippen LogP contribution in [-0.2, 0) is 16.1 Å². The average Bonchev–Trinajstić information content (AvgIpc) is 3.36. The summed E-state index contributed by atoms with van der Waals surface area (Å²) in [6, 6.07) is 17.4. The van der Waals surface area contributed by atoms with Crippen molar-refractivity contribution in [2.75, 3.05) is 6.54 Å². The molecule has 188 valence electrons. The Kier molecular flexibility index (Phi) is 7.88. The number of aromatic hydroxyl groups is 1. The second-order valence-corrected chi connectivity index (χ2v) is 9.15. The zero-order valence-electron chi connectivity index (χ0n) is 19.3. The summed E-state index contributed by atoms with van der Waals surface area (Å²) in [5.41, 5.74) is 2.63. The van der Waals surface area contributed by atoms with E-state index in [1.54, 1.807) is 42.5 Å². The van der Waals surface area contributed by atoms with Crippen molar-refractivity contribution in [2.45, 2.75) is 37.6 Å². The molecule has 1 saturated heterocycles. The van der Waals surface area contributed by atoms with Crippen LogP contribution >= 0.6 is 11.6 Å². The van der Waals surface area contributed by atoms with Gasteiger partial charge in [0.1, 0.15) is 11.6 Å². The molecule has 3 aromatic rings. The molecular formula is C27H26ClFN2O5. The number of carbonyl (C=O) groups is 2. The Labute approximate surface area is 212 Å². The number of phenols is 1. The van der Waals surface area contributed by atoms with Gasteiger partial charge >= 0.3 is 0 Å². The summed E-state index contributed by atoms with van der Waals surface area (Å²) in [5, 5.41) is 33.8. The fourth-order valence-electron chi connectivity index (χ4n) is 4.38. The Morgan fingerprint density at radius 3 is 2.50 bits per heavy atom. The molecule has 4 rings (SSSR count). The fraction of sp³-hybridized carbons (Fsp3) is 0.259. The normalized spacial score (nSPS) is 17.0. The predicted octanol–water partition coefficient (Wildman–Crippen LogP) is 3.55. The van der Waals surface area contributed by atoms with E-state index in [0.29, 0.717) is 34.7 Å². The monoisotopic (exact) mass is 512 g/mol. The first-order chi connectivity index (χ1) is 17.2. The molecule has 1 fully saturated rings. The minimum atomic E-state index is -1.94. The van der Waals surface area contributed by atoms with Crippen molar-refractivity contribution >= 4 is 23.4 Å². The highest BCUT2D eigenvalue weighted by molar-refractivity contribution is 6.30. The summed E-state index contributed by atoms with van der Waals surface area (Å²) in [6.07, 6.45) is -2.43. The molecule has 0 spiro atoms. The lowest BCUT2D eigenvalue weighted by molar-refractivity contribution is -0.153. The number of nitrogens with one attached hydrogen (secondary N) is 1. The van der Waals surface area contributed by atoms with Gasteiger partial charge in [-0.2, -0.15) is 0 Å². The second kappa shape index (κ2) is 11.1. The quantitative estimate of drug-likeness (QED) is 0.387. The van der Waals surface area contributed by atoms with Crippen LogP contribution in [0.15, 0.2) is 66.7 Å². The lowest BCUT2D eigenvalue weighted by Gasteiger charge is -2.28. The van der Waals surface area contributed by atoms with Crippen LogP contribution in [0.2, 0.25) is 5.02 Å². The lowest BCUT2D eigenvalue weighted by Crippen LogP contribution is -2.50. The summed E-state index contributed by atoms with van der Waals surface area (Å²) in [5.74, 6) is -2.33. The highest BCUT2D eigenvalue weighted by Gasteiger charge is 2.38. The van der Waals surface area contributed by atoms with Gasteiger partial charge in [0.15, 0.2) is 12.2 Å². The molecule has 0 unspecified atom stereocenters. The number of halogens is 2. The molecule has 1 aliphatic heterocycles. The van der Waals surface area contributed by atoms with Crippen LogP contribution in [0.4, 0.5) is 4.39 Å². The van der Waals surface area contributed by atoms with Crippen molar-refractivity contribution < 1.29 is 29.3 Å². The number of benzene rings is 3. The van der Waals surface area contributed by atoms with Crippen LogP contribution < -0.4 is 5.32 Å². The molecule has 0 aliphatic carbocycles. The molecule has 0 radical (unpaired) electrons. The number of hydrogen-bond acceptors (Lipinski definition) is 5. The molecule has 2 amide bonds. The first kappa shape index (κ1) is 25.6. The third-order valence-corrected chi connectivity index (χ3v) is 6.52. The molecule has 1 heterocycles. The summed E-state index contributed by atoms with van der Waals surface area (Å²) >= 11 is 6.07. The number of rotatable bonds is 7. The molecule has 9 heteroatoms. The Hall–Kier alpha value is -3.46. The molecule has 3 aromatic carbocycles. The number of aliphatic hydroxyl groups is 2. The van der Waals surface area contributed by atoms with Gasteiger partial charge in [-0.05, 0) is 53.8 Å². The molecular weight excluding hydrogens is 487 g/mol. The highest BCUT2D eigenvalue weighted by Crippen LogP contribution is 2.34. The molecule has 3 atom stereocenters. The zero-order valence-corrected chi connectivity index (χ0v) is 20.0. The van der Waals surface area contributed by atoms with Gasteiger partial charge in [-0.3, -0.25) is 9.59 Å². The van der Waals surface area contributed by atoms with Gasteiger partial charge in [0.25, 0.3) is 11.8 Å². The Balaban J connectivity index is 1.35. The Morgan fingerprint density at radius 1 is 1.06 bits per heavy atom. The summed E-state index contributed by atoms with van der Waals surface area (Å²) in [4.78, 5) is 26.8. The van der Waals surface area contributed by atoms with Crippen molar-refractivity contribution in [1.29, 1.82) is 0 Å². The van der Waals surface area contributed by atoms with Crippen LogP contribution in [0.3, 0.4) is 0 Å². The van der Waals surface area contributed by atoms with Gasteiger partial charge in [0.05, 0.1) is 6.04 Å². The third kappa shape index (κ3) is 5.67. The number of likely N-dealkylation sites (tertiary alicyclic amines) is 1. The number of carbonyl (C=O) groups excluding carboxylic acids is 2. The van der Waals surface area contributed by atoms with Crippen molar-refractivity contribution in [3.8, 4) is 16.9 Å². The van der Waals surface area contributed by atoms with Crippen molar-refractivity contribution in [2.24, 2.45) is 0 Å². The number of amides is 2. The summed E-state index contributed by atoms with van der Waals surface area (Å²) in [6.45, 7) is 0.443. The molecule has 0 saturated carbocycles. The standard InChI is InChI=1S/C27H26ClFN2O5/c28-19-4-1-3-18(13-19)22-5-2-12-31(22)27(36)25(34)24(33)26(35)30-15-16-6-8-17(9-7-16)21-11-10-20(29)14-23(21)32/h1,3-4,6-11,13-14,22,24-25,32-34H,2,5,12,15H2,(H,30,35)/t22-,24-,25-/m1/s1. The Bertz CT molecular complexity index is 1250. The maximum Gasteiger partial charge on any atom is 0.255 e. The Morgan fingerprint density at radius 2 is 1.81 bits per heavy atom. The molecule has 7 nitrogen and oxygen atoms in total. The van der Waals surface area contributed by atoms with Crippen molar-refractivity contribution in [3.63, 3.8) is 0 Å². The fourth-order valence-corrected chi connectivity index (χ4v) is 4.58. The van der Waals surface area contributed by atoms with Crippen LogP contribution in [0.5, 0.6) is 5.75 Å². The molecule has 4 N–H and O–H groups in total. The van der Waals surface area contributed by atoms with Gasteiger partial charge in [0.2, 0.25) is 0 Å². The second-order valence-electron chi connectivity index (χ2n) is 8.71. The lowest BCUT2D eigenvalue weighted by atomic mass is 10.0. The van der Waals surface area contributed by atoms with Crippen molar-refractivity contribution in [1.82, 2.24) is 10.2 Å². The first-order valence-corrected chi connectivity index (χ1v) is 11.9. The highest BCUT2D eigenvalue weighted by atomic mass is 35.5. The summed E-state index contributed by atoms with van der Waals surface area (Å²) < 4.78 is 13.2. The molecule has 0 bridgehead atoms. The molecule has 1 aliphatic rings. The largest absolute Gasteiger partial charge is 0.507 e. The van der Waals surface area contributed by atoms with E-state index in [2.05, 4.69) is 5.32 Å². The van der Waals surface area contributed by atoms with Crippen LogP contribution in [0.25, 0.3) is 11.1 Å². The average molecular weight is 513 g/mol. The van der Waals surface area contributed by atoms with E-state index in [1.807, 2.05) is 6.07 Å². The van der Waals surface area contributed by atoms with E-state index in [9.17, 15) is 29.3 Å². The topological polar surface area (TPSA) is 110 Å². The van der Waals surface area contributed by atoms with Crippen LogP contribution in [0, 0.1) is 5.82 Å². The van der Waals surface area contributed by atoms with Crippen molar-refractivity contribution in [3.05, 3.63) is 88.7 Å². The van der Waals surface area contributed by atoms with E-state index >= 15 is 0 Å². The van der Waals surface area contributed by atoms with Gasteiger partial charge in [-0.25, -0.2) is 4.39 Å². The SMILES string of the molecule is O=C(NCc1ccc(-c2ccc(F)cc2O)cc1)[C@H](O)[C@@H](O)C(=O)N1CCC[C@@H]1c1cccc(Cl)c1. The number of phenolic OH excluding ortho intramolecular Hbond substituents is 1. The molecule has 36 heavy (non-hydrogen) atoms. The maximum absolute atomic E-state index is 13.2. The van der Waals surface area contributed by atoms with Gasteiger partial charge < -0.3 is 25.5 Å². The number of nitrogens with zero attached hydrogens (tertiary/aromatic N) is 1. The van der Waals surface area contributed by atoms with E-state index in [0.717, 1.165) is 18.1 Å². The van der Waals surface area contributed by atoms with Crippen LogP contribution in [0.1, 0.15) is 30.0 Å². The van der Waals surface area contributed by atoms with Gasteiger partial charge in [-0.15, -0.1) is 0 Å². The zero-order chi connectivity index (χ0) is 25.8. The molecule has 0 aromatic heterocycles. The predicted molar refractivity (Wildman–Crippen MR) is 133 cm³/mol. The minimum Gasteiger partial charge on any atom is -0.507 e.